The Hall–Kier alpha value is -0.520. The summed E-state index contributed by atoms with van der Waals surface area (Å²) in [5.41, 5.74) is 0. The van der Waals surface area contributed by atoms with Gasteiger partial charge in [0.05, 0.1) is 0 Å². The minimum Gasteiger partial charge on any atom is -0.0885 e. The molecule has 0 saturated carbocycles. The molecule has 2 atom stereocenters. The van der Waals surface area contributed by atoms with E-state index in [2.05, 4.69) is 24.3 Å². The summed E-state index contributed by atoms with van der Waals surface area (Å²) < 4.78 is 0. The van der Waals surface area contributed by atoms with Crippen LogP contribution in [-0.2, 0) is 0 Å². The molecule has 0 fully saturated rings. The lowest BCUT2D eigenvalue weighted by Gasteiger charge is -2.21. The van der Waals surface area contributed by atoms with Gasteiger partial charge in [-0.25, -0.2) is 0 Å². The van der Waals surface area contributed by atoms with Crippen LogP contribution in [0.1, 0.15) is 38.5 Å². The monoisotopic (exact) mass is 162 g/mol. The molecule has 0 N–H and O–H groups in total. The molecule has 0 aromatic heterocycles. The Balaban J connectivity index is 2.03. The van der Waals surface area contributed by atoms with Gasteiger partial charge in [-0.3, -0.25) is 0 Å². The normalized spacial score (nSPS) is 35.3. The van der Waals surface area contributed by atoms with Crippen LogP contribution in [0.15, 0.2) is 24.3 Å². The molecule has 0 heteroatoms. The summed E-state index contributed by atoms with van der Waals surface area (Å²) in [5, 5.41) is 0. The second-order valence-corrected chi connectivity index (χ2v) is 4.09. The summed E-state index contributed by atoms with van der Waals surface area (Å²) in [6, 6.07) is 0. The second-order valence-electron chi connectivity index (χ2n) is 4.09. The highest BCUT2D eigenvalue weighted by Crippen LogP contribution is 2.33. The zero-order chi connectivity index (χ0) is 8.23. The van der Waals surface area contributed by atoms with Crippen molar-refractivity contribution in [3.8, 4) is 0 Å². The number of allylic oxidation sites excluding steroid dienone is 4. The molecule has 0 bridgehead atoms. The van der Waals surface area contributed by atoms with E-state index >= 15 is 0 Å². The van der Waals surface area contributed by atoms with Crippen molar-refractivity contribution in [2.24, 2.45) is 11.8 Å². The molecule has 2 aliphatic rings. The fraction of sp³-hybridized carbons (Fsp3) is 0.667. The van der Waals surface area contributed by atoms with E-state index in [1.54, 1.807) is 0 Å². The molecule has 0 heterocycles. The van der Waals surface area contributed by atoms with Gasteiger partial charge in [-0.15, -0.1) is 0 Å². The van der Waals surface area contributed by atoms with E-state index in [4.69, 9.17) is 0 Å². The minimum atomic E-state index is 0.985. The van der Waals surface area contributed by atoms with Gasteiger partial charge in [0, 0.05) is 0 Å². The summed E-state index contributed by atoms with van der Waals surface area (Å²) in [6.45, 7) is 0. The summed E-state index contributed by atoms with van der Waals surface area (Å²) in [6.07, 6.45) is 17.7. The number of rotatable bonds is 0. The lowest BCUT2D eigenvalue weighted by atomic mass is 9.84. The van der Waals surface area contributed by atoms with Crippen LogP contribution < -0.4 is 0 Å². The van der Waals surface area contributed by atoms with Crippen LogP contribution in [0.5, 0.6) is 0 Å². The van der Waals surface area contributed by atoms with Crippen molar-refractivity contribution in [2.75, 3.05) is 0 Å². The van der Waals surface area contributed by atoms with Crippen LogP contribution >= 0.6 is 0 Å². The first-order valence-electron chi connectivity index (χ1n) is 5.27. The molecule has 2 unspecified atom stereocenters. The minimum absolute atomic E-state index is 0.985. The van der Waals surface area contributed by atoms with E-state index < -0.39 is 0 Å². The Morgan fingerprint density at radius 2 is 1.17 bits per heavy atom. The first kappa shape index (κ1) is 8.10. The molecule has 2 rings (SSSR count). The van der Waals surface area contributed by atoms with Gasteiger partial charge in [0.2, 0.25) is 0 Å². The van der Waals surface area contributed by atoms with Crippen molar-refractivity contribution in [1.82, 2.24) is 0 Å². The maximum absolute atomic E-state index is 2.40. The fourth-order valence-electron chi connectivity index (χ4n) is 2.49. The molecular weight excluding hydrogens is 144 g/mol. The Bertz CT molecular complexity index is 166. The molecule has 0 saturated heterocycles. The highest BCUT2D eigenvalue weighted by molar-refractivity contribution is 4.97. The Kier molecular flexibility index (Phi) is 2.65. The average Bonchev–Trinajstić information content (AvgIpc) is 2.38. The SMILES string of the molecule is C1=CCC2CCC=CCC2CC1. The zero-order valence-electron chi connectivity index (χ0n) is 7.71. The molecule has 0 nitrogen and oxygen atoms in total. The van der Waals surface area contributed by atoms with Crippen LogP contribution in [0, 0.1) is 11.8 Å². The molecule has 12 heavy (non-hydrogen) atoms. The van der Waals surface area contributed by atoms with Crippen LogP contribution in [0.2, 0.25) is 0 Å². The van der Waals surface area contributed by atoms with Crippen LogP contribution in [0.3, 0.4) is 0 Å². The van der Waals surface area contributed by atoms with Gasteiger partial charge in [-0.2, -0.15) is 0 Å². The van der Waals surface area contributed by atoms with E-state index in [1.165, 1.54) is 38.5 Å². The van der Waals surface area contributed by atoms with E-state index in [9.17, 15) is 0 Å². The smallest absolute Gasteiger partial charge is 0.0319 e. The molecular formula is C12H18. The van der Waals surface area contributed by atoms with Crippen molar-refractivity contribution in [3.05, 3.63) is 24.3 Å². The Morgan fingerprint density at radius 3 is 1.67 bits per heavy atom. The molecule has 0 aromatic carbocycles. The van der Waals surface area contributed by atoms with Crippen LogP contribution in [-0.4, -0.2) is 0 Å². The maximum Gasteiger partial charge on any atom is -0.0319 e. The first-order valence-corrected chi connectivity index (χ1v) is 5.27. The van der Waals surface area contributed by atoms with Crippen molar-refractivity contribution in [3.63, 3.8) is 0 Å². The van der Waals surface area contributed by atoms with Crippen molar-refractivity contribution in [1.29, 1.82) is 0 Å². The zero-order valence-corrected chi connectivity index (χ0v) is 7.71. The molecule has 0 radical (unpaired) electrons. The molecule has 0 amide bonds. The third-order valence-electron chi connectivity index (χ3n) is 3.29. The third-order valence-corrected chi connectivity index (χ3v) is 3.29. The predicted octanol–water partition coefficient (Wildman–Crippen LogP) is 3.70. The number of hydrogen-bond acceptors (Lipinski definition) is 0. The maximum atomic E-state index is 2.40. The summed E-state index contributed by atoms with van der Waals surface area (Å²) in [5.74, 6) is 1.97. The summed E-state index contributed by atoms with van der Waals surface area (Å²) >= 11 is 0. The largest absolute Gasteiger partial charge is 0.0885 e. The van der Waals surface area contributed by atoms with Crippen molar-refractivity contribution >= 4 is 0 Å². The fourth-order valence-corrected chi connectivity index (χ4v) is 2.49. The standard InChI is InChI=1S/C12H18/c1-3-7-11-9-5-2-6-10-12(11)8-4-1/h1-3,6,11-12H,4-5,7-10H2. The van der Waals surface area contributed by atoms with Gasteiger partial charge in [-0.1, -0.05) is 24.3 Å². The van der Waals surface area contributed by atoms with Gasteiger partial charge in [0.15, 0.2) is 0 Å². The molecule has 0 aliphatic heterocycles. The van der Waals surface area contributed by atoms with Crippen molar-refractivity contribution in [2.45, 2.75) is 38.5 Å². The average molecular weight is 162 g/mol. The lowest BCUT2D eigenvalue weighted by Crippen LogP contribution is -2.11. The topological polar surface area (TPSA) is 0 Å². The molecule has 0 spiro atoms. The van der Waals surface area contributed by atoms with E-state index in [0.29, 0.717) is 0 Å². The number of hydrogen-bond donors (Lipinski definition) is 0. The van der Waals surface area contributed by atoms with Gasteiger partial charge >= 0.3 is 0 Å². The van der Waals surface area contributed by atoms with Gasteiger partial charge in [0.1, 0.15) is 0 Å². The molecule has 0 aromatic rings. The molecule has 66 valence electrons. The van der Waals surface area contributed by atoms with Crippen LogP contribution in [0.4, 0.5) is 0 Å². The summed E-state index contributed by atoms with van der Waals surface area (Å²) in [4.78, 5) is 0. The molecule has 2 aliphatic carbocycles. The van der Waals surface area contributed by atoms with E-state index in [0.717, 1.165) is 11.8 Å². The van der Waals surface area contributed by atoms with E-state index in [1.807, 2.05) is 0 Å². The first-order chi connectivity index (χ1) is 5.97. The third kappa shape index (κ3) is 1.80. The Morgan fingerprint density at radius 1 is 0.667 bits per heavy atom. The van der Waals surface area contributed by atoms with Gasteiger partial charge < -0.3 is 0 Å². The highest BCUT2D eigenvalue weighted by Gasteiger charge is 2.21. The second kappa shape index (κ2) is 3.93. The quantitative estimate of drug-likeness (QED) is 0.476. The van der Waals surface area contributed by atoms with Crippen LogP contribution in [0.25, 0.3) is 0 Å². The highest BCUT2D eigenvalue weighted by atomic mass is 14.3. The predicted molar refractivity (Wildman–Crippen MR) is 53.0 cm³/mol. The Labute approximate surface area is 75.4 Å². The van der Waals surface area contributed by atoms with Gasteiger partial charge in [0.25, 0.3) is 0 Å². The lowest BCUT2D eigenvalue weighted by molar-refractivity contribution is 0.315. The van der Waals surface area contributed by atoms with Crippen molar-refractivity contribution < 1.29 is 0 Å². The van der Waals surface area contributed by atoms with Gasteiger partial charge in [-0.05, 0) is 50.4 Å². The number of fused-ring (bicyclic) bond motifs is 1. The van der Waals surface area contributed by atoms with E-state index in [-0.39, 0.29) is 0 Å². The summed E-state index contributed by atoms with van der Waals surface area (Å²) in [7, 11) is 0.